The van der Waals surface area contributed by atoms with E-state index in [4.69, 9.17) is 6.15 Å². The van der Waals surface area contributed by atoms with Crippen LogP contribution in [0, 0.1) is 12.3 Å². The number of ether oxygens (including phenoxy) is 1. The SMILES string of the molecule is [H]/N=C(/C)N(CC)c1cc(C(F)(F)F)c(OCCC[Si](C)(C)C)cc1C. The van der Waals surface area contributed by atoms with Crippen LogP contribution in [0.2, 0.25) is 27.1 Å². The number of anilines is 1. The first kappa shape index (κ1) is 19.8. The third-order valence-electron chi connectivity index (χ3n) is 3.93. The van der Waals surface area contributed by atoms with Crippen molar-refractivity contribution in [3.05, 3.63) is 23.3 Å². The third kappa shape index (κ3) is 6.38. The first-order chi connectivity index (χ1) is 11.9. The fraction of sp³-hybridized carbons (Fsp3) is 0.611. The lowest BCUT2D eigenvalue weighted by molar-refractivity contribution is -0.138. The van der Waals surface area contributed by atoms with E-state index in [-0.39, 0.29) is 12.4 Å². The van der Waals surface area contributed by atoms with Crippen molar-refractivity contribution in [3.8, 4) is 5.75 Å². The van der Waals surface area contributed by atoms with Gasteiger partial charge in [-0.1, -0.05) is 25.7 Å². The molecule has 0 unspecified atom stereocenters. The van der Waals surface area contributed by atoms with Crippen molar-refractivity contribution in [1.29, 1.82) is 5.40 Å². The molecule has 7 heteroatoms. The highest BCUT2D eigenvalue weighted by Gasteiger charge is 2.35. The number of amidine groups is 1. The van der Waals surface area contributed by atoms with E-state index in [9.17, 15) is 13.2 Å². The highest BCUT2D eigenvalue weighted by Crippen LogP contribution is 2.40. The van der Waals surface area contributed by atoms with Gasteiger partial charge in [0.1, 0.15) is 5.75 Å². The Morgan fingerprint density at radius 1 is 1.32 bits per heavy atom. The van der Waals surface area contributed by atoms with Crippen molar-refractivity contribution in [1.82, 2.24) is 0 Å². The molecule has 0 aliphatic carbocycles. The molecule has 0 radical (unpaired) electrons. The van der Waals surface area contributed by atoms with Crippen LogP contribution in [0.3, 0.4) is 0 Å². The Kier molecular flexibility index (Phi) is 6.54. The van der Waals surface area contributed by atoms with Crippen LogP contribution in [-0.2, 0) is 6.18 Å². The van der Waals surface area contributed by atoms with Gasteiger partial charge in [0.25, 0.3) is 0 Å². The Balaban J connectivity index is 3.18. The highest BCUT2D eigenvalue weighted by atomic mass is 28.3. The summed E-state index contributed by atoms with van der Waals surface area (Å²) in [5.41, 5.74) is 0.258. The molecule has 1 rings (SSSR count). The van der Waals surface area contributed by atoms with Gasteiger partial charge in [-0.2, -0.15) is 13.2 Å². The van der Waals surface area contributed by atoms with Crippen molar-refractivity contribution in [3.63, 3.8) is 0 Å². The van der Waals surface area contributed by atoms with Gasteiger partial charge in [0.05, 0.1) is 18.0 Å². The predicted molar refractivity (Wildman–Crippen MR) is 101 cm³/mol. The molecule has 0 saturated heterocycles. The number of hydrogen-bond donors (Lipinski definition) is 1. The maximum atomic E-state index is 13.5. The van der Waals surface area contributed by atoms with E-state index in [1.807, 2.05) is 6.92 Å². The molecule has 3 nitrogen and oxygen atoms in total. The number of rotatable bonds is 7. The summed E-state index contributed by atoms with van der Waals surface area (Å²) in [7, 11) is -1.24. The lowest BCUT2D eigenvalue weighted by Gasteiger charge is -2.26. The van der Waals surface area contributed by atoms with Gasteiger partial charge in [-0.15, -0.1) is 0 Å². The zero-order chi connectivity index (χ0) is 20.1. The van der Waals surface area contributed by atoms with Gasteiger partial charge in [0.2, 0.25) is 0 Å². The van der Waals surface area contributed by atoms with E-state index in [0.717, 1.165) is 18.5 Å². The molecule has 25 heavy (non-hydrogen) atoms. The Morgan fingerprint density at radius 2 is 1.96 bits per heavy atom. The summed E-state index contributed by atoms with van der Waals surface area (Å²) in [6, 6.07) is 3.54. The average molecular weight is 375 g/mol. The van der Waals surface area contributed by atoms with Crippen LogP contribution in [0.5, 0.6) is 5.75 Å². The molecule has 0 aromatic heterocycles. The second kappa shape index (κ2) is 8.25. The van der Waals surface area contributed by atoms with E-state index >= 15 is 0 Å². The summed E-state index contributed by atoms with van der Waals surface area (Å²) in [6.07, 6.45) is -3.76. The van der Waals surface area contributed by atoms with Crippen molar-refractivity contribution < 1.29 is 19.3 Å². The van der Waals surface area contributed by atoms with Crippen LogP contribution in [0.1, 0.15) is 31.4 Å². The summed E-state index contributed by atoms with van der Waals surface area (Å²) < 4.78 is 53.3. The number of nitrogens with zero attached hydrogens (tertiary/aromatic N) is 1. The highest BCUT2D eigenvalue weighted by molar-refractivity contribution is 6.76. The predicted octanol–water partition coefficient (Wildman–Crippen LogP) is 5.94. The Bertz CT molecular complexity index is 643. The summed E-state index contributed by atoms with van der Waals surface area (Å²) in [4.78, 5) is 1.59. The molecular formula is C18H29F3N2OSi. The van der Waals surface area contributed by atoms with Crippen LogP contribution in [-0.4, -0.2) is 27.1 Å². The summed E-state index contributed by atoms with van der Waals surface area (Å²) in [5, 5.41) is 3.36. The van der Waals surface area contributed by atoms with E-state index in [1.54, 1.807) is 18.7 Å². The van der Waals surface area contributed by atoms with Crippen LogP contribution in [0.25, 0.3) is 0 Å². The van der Waals surface area contributed by atoms with E-state index in [1.165, 1.54) is 6.07 Å². The number of benzene rings is 1. The minimum absolute atomic E-state index is 0.133. The molecule has 0 saturated carbocycles. The van der Waals surface area contributed by atoms with Gasteiger partial charge in [-0.05, 0) is 44.9 Å². The maximum Gasteiger partial charge on any atom is 0.420 e. The molecule has 0 heterocycles. The van der Waals surface area contributed by atoms with Gasteiger partial charge in [0.15, 0.2) is 1.41 Å². The first-order valence-corrected chi connectivity index (χ1v) is 12.2. The molecular weight excluding hydrogens is 345 g/mol. The van der Waals surface area contributed by atoms with Crippen molar-refractivity contribution in [2.75, 3.05) is 18.1 Å². The minimum atomic E-state index is -4.51. The number of halogens is 3. The average Bonchev–Trinajstić information content (AvgIpc) is 2.51. The number of aryl methyl sites for hydroxylation is 1. The van der Waals surface area contributed by atoms with E-state index in [2.05, 4.69) is 25.0 Å². The molecule has 0 atom stereocenters. The van der Waals surface area contributed by atoms with Gasteiger partial charge in [-0.3, -0.25) is 5.40 Å². The smallest absolute Gasteiger partial charge is 0.420 e. The van der Waals surface area contributed by atoms with Gasteiger partial charge in [0, 0.05) is 20.3 Å². The molecule has 0 aliphatic rings. The molecule has 142 valence electrons. The number of nitrogens with one attached hydrogen (secondary N) is 1. The lowest BCUT2D eigenvalue weighted by Crippen LogP contribution is -2.28. The summed E-state index contributed by atoms with van der Waals surface area (Å²) in [6.45, 7) is 12.5. The fourth-order valence-electron chi connectivity index (χ4n) is 2.66. The van der Waals surface area contributed by atoms with E-state index in [0.29, 0.717) is 23.6 Å². The van der Waals surface area contributed by atoms with Crippen molar-refractivity contribution in [2.45, 2.75) is 59.1 Å². The maximum absolute atomic E-state index is 13.5. The Labute approximate surface area is 151 Å². The molecule has 1 aromatic rings. The zero-order valence-corrected chi connectivity index (χ0v) is 16.9. The molecule has 1 aromatic carbocycles. The quantitative estimate of drug-likeness (QED) is 0.277. The van der Waals surface area contributed by atoms with Crippen molar-refractivity contribution in [2.24, 2.45) is 0 Å². The minimum Gasteiger partial charge on any atom is -0.493 e. The normalized spacial score (nSPS) is 13.6. The first-order valence-electron chi connectivity index (χ1n) is 8.96. The number of hydrogen-bond acceptors (Lipinski definition) is 2. The third-order valence-corrected chi connectivity index (χ3v) is 5.78. The van der Waals surface area contributed by atoms with Gasteiger partial charge in [-0.25, -0.2) is 0 Å². The Hall–Kier alpha value is -1.50. The topological polar surface area (TPSA) is 36.3 Å². The molecule has 0 aliphatic heterocycles. The van der Waals surface area contributed by atoms with Gasteiger partial charge < -0.3 is 9.64 Å². The summed E-state index contributed by atoms with van der Waals surface area (Å²) in [5.74, 6) is 0.207. The number of alkyl halides is 3. The van der Waals surface area contributed by atoms with Crippen molar-refractivity contribution >= 4 is 19.6 Å². The van der Waals surface area contributed by atoms with E-state index < -0.39 is 19.8 Å². The fourth-order valence-corrected chi connectivity index (χ4v) is 3.86. The molecule has 0 fully saturated rings. The molecule has 0 amide bonds. The molecule has 0 bridgehead atoms. The molecule has 1 N–H and O–H groups in total. The monoisotopic (exact) mass is 374 g/mol. The second-order valence-corrected chi connectivity index (χ2v) is 13.1. The lowest BCUT2D eigenvalue weighted by atomic mass is 10.1. The second-order valence-electron chi connectivity index (χ2n) is 7.44. The standard InChI is InChI=1S/C18H29F3N2OSi/c1-7-23(14(3)22)16-12-15(18(19,20)21)17(11-13(16)2)24-9-8-10-25(4,5)6/h11-12,22H,7-10H2,1-6H3/b22-14-. The van der Waals surface area contributed by atoms with Crippen LogP contribution in [0.15, 0.2) is 12.1 Å². The van der Waals surface area contributed by atoms with Gasteiger partial charge >= 0.3 is 6.18 Å². The molecule has 0 spiro atoms. The summed E-state index contributed by atoms with van der Waals surface area (Å²) >= 11 is 0. The zero-order valence-electron chi connectivity index (χ0n) is 16.9. The van der Waals surface area contributed by atoms with Crippen LogP contribution in [0.4, 0.5) is 18.9 Å². The largest absolute Gasteiger partial charge is 0.493 e. The van der Waals surface area contributed by atoms with Crippen LogP contribution >= 0.6 is 0 Å². The van der Waals surface area contributed by atoms with Crippen LogP contribution < -0.4 is 9.64 Å². The Morgan fingerprint density at radius 3 is 2.44 bits per heavy atom.